The van der Waals surface area contributed by atoms with Gasteiger partial charge < -0.3 is 38.6 Å². The summed E-state index contributed by atoms with van der Waals surface area (Å²) in [5, 5.41) is 19.4. The molecular formula is C44H68O12. The topological polar surface area (TPSA) is 177 Å². The Morgan fingerprint density at radius 1 is 0.500 bits per heavy atom. The summed E-state index contributed by atoms with van der Waals surface area (Å²) in [6, 6.07) is 0. The van der Waals surface area contributed by atoms with Crippen molar-refractivity contribution in [1.82, 2.24) is 0 Å². The molecule has 0 radical (unpaired) electrons. The summed E-state index contributed by atoms with van der Waals surface area (Å²) in [5.74, 6) is 1.64. The minimum absolute atomic E-state index is 0.0388. The smallest absolute Gasteiger partial charge is 0.309 e. The fraction of sp³-hybridized carbons (Fsp3) is 0.909. The molecule has 4 aliphatic heterocycles. The molecule has 0 spiro atoms. The lowest BCUT2D eigenvalue weighted by atomic mass is 9.62. The summed E-state index contributed by atoms with van der Waals surface area (Å²) in [5.41, 5.74) is -0.837. The number of rotatable bonds is 18. The lowest BCUT2D eigenvalue weighted by Gasteiger charge is -2.40. The van der Waals surface area contributed by atoms with Crippen LogP contribution in [0.4, 0.5) is 0 Å². The Bertz CT molecular complexity index is 1320. The number of hydrogen-bond donors (Lipinski definition) is 2. The lowest BCUT2D eigenvalue weighted by Crippen LogP contribution is -2.40. The zero-order valence-corrected chi connectivity index (χ0v) is 34.1. The molecule has 8 fully saturated rings. The number of ether oxygens (including phenoxy) is 6. The fourth-order valence-electron chi connectivity index (χ4n) is 11.0. The minimum atomic E-state index is -0.847. The van der Waals surface area contributed by atoms with Gasteiger partial charge in [0.2, 0.25) is 0 Å². The largest absolute Gasteiger partial charge is 0.481 e. The van der Waals surface area contributed by atoms with Gasteiger partial charge in [0.05, 0.1) is 67.5 Å². The van der Waals surface area contributed by atoms with Crippen molar-refractivity contribution in [3.8, 4) is 0 Å². The van der Waals surface area contributed by atoms with Crippen molar-refractivity contribution in [2.24, 2.45) is 52.8 Å². The molecule has 4 saturated heterocycles. The summed E-state index contributed by atoms with van der Waals surface area (Å²) >= 11 is 0. The highest BCUT2D eigenvalue weighted by molar-refractivity contribution is 5.75. The van der Waals surface area contributed by atoms with Crippen molar-refractivity contribution in [1.29, 1.82) is 0 Å². The average Bonchev–Trinajstić information content (AvgIpc) is 3.93. The molecular weight excluding hydrogens is 720 g/mol. The number of carbonyl (C=O) groups excluding carboxylic acids is 2. The summed E-state index contributed by atoms with van der Waals surface area (Å²) in [6.07, 6.45) is 15.6. The van der Waals surface area contributed by atoms with Gasteiger partial charge in [-0.15, -0.1) is 0 Å². The van der Waals surface area contributed by atoms with Gasteiger partial charge in [-0.2, -0.15) is 0 Å². The van der Waals surface area contributed by atoms with Gasteiger partial charge in [-0.3, -0.25) is 19.2 Å². The van der Waals surface area contributed by atoms with E-state index in [-0.39, 0.29) is 18.4 Å². The number of hydrogen-bond acceptors (Lipinski definition) is 10. The SMILES string of the molecule is CC1CC2OC2CC1CC(CCCC(=O)O)(CC1CC2OC2CC1C)C(=O)O.CC1CC2OC2CC1COC(=O)CCCCC(=O)OCC1CC2OC2CC1C. The van der Waals surface area contributed by atoms with Gasteiger partial charge in [0.1, 0.15) is 0 Å². The number of carboxylic acid groups (broad SMARTS) is 2. The molecule has 0 aromatic heterocycles. The highest BCUT2D eigenvalue weighted by atomic mass is 16.6. The molecule has 0 aromatic rings. The van der Waals surface area contributed by atoms with E-state index in [1.54, 1.807) is 0 Å². The van der Waals surface area contributed by atoms with E-state index in [0.717, 1.165) is 51.4 Å². The monoisotopic (exact) mass is 788 g/mol. The van der Waals surface area contributed by atoms with E-state index >= 15 is 0 Å². The van der Waals surface area contributed by atoms with Crippen molar-refractivity contribution in [3.63, 3.8) is 0 Å². The van der Waals surface area contributed by atoms with Crippen LogP contribution in [0, 0.1) is 52.8 Å². The average molecular weight is 789 g/mol. The van der Waals surface area contributed by atoms with Crippen LogP contribution in [-0.4, -0.2) is 96.1 Å². The van der Waals surface area contributed by atoms with Crippen LogP contribution >= 0.6 is 0 Å². The second kappa shape index (κ2) is 17.9. The first-order chi connectivity index (χ1) is 26.8. The van der Waals surface area contributed by atoms with E-state index in [9.17, 15) is 24.3 Å². The molecule has 12 heteroatoms. The van der Waals surface area contributed by atoms with Crippen LogP contribution in [-0.2, 0) is 47.6 Å². The highest BCUT2D eigenvalue weighted by Gasteiger charge is 2.54. The Kier molecular flexibility index (Phi) is 13.4. The maximum absolute atomic E-state index is 12.6. The van der Waals surface area contributed by atoms with Gasteiger partial charge >= 0.3 is 23.9 Å². The maximum Gasteiger partial charge on any atom is 0.309 e. The van der Waals surface area contributed by atoms with Crippen molar-refractivity contribution < 1.29 is 57.8 Å². The van der Waals surface area contributed by atoms with E-state index in [1.807, 2.05) is 0 Å². The Hall–Kier alpha value is -2.28. The van der Waals surface area contributed by atoms with Crippen LogP contribution in [0.1, 0.15) is 137 Å². The number of epoxide rings is 4. The third-order valence-corrected chi connectivity index (χ3v) is 15.3. The standard InChI is InChI=1S/2C22H34O6/c1-12-6-16-18(27-16)8-14(12)10-22(21(25)26,5-3-4-20(23)24)11-15-9-19-17(28-19)7-13(15)2;1-13-7-17-19(27-17)9-15(13)11-25-21(23)5-3-4-6-22(24)26-12-16-10-20-18(28-20)8-14(16)2/h12-19H,3-11H2,1-2H3,(H,23,24)(H,25,26);13-20H,3-12H2,1-2H3. The number of carbonyl (C=O) groups is 4. The van der Waals surface area contributed by atoms with Crippen LogP contribution in [0.2, 0.25) is 0 Å². The Labute approximate surface area is 332 Å². The van der Waals surface area contributed by atoms with E-state index in [1.165, 1.54) is 0 Å². The lowest BCUT2D eigenvalue weighted by molar-refractivity contribution is -0.154. The first-order valence-electron chi connectivity index (χ1n) is 22.1. The summed E-state index contributed by atoms with van der Waals surface area (Å²) < 4.78 is 33.5. The minimum Gasteiger partial charge on any atom is -0.481 e. The molecule has 316 valence electrons. The van der Waals surface area contributed by atoms with Crippen LogP contribution in [0.15, 0.2) is 0 Å². The van der Waals surface area contributed by atoms with Crippen molar-refractivity contribution in [3.05, 3.63) is 0 Å². The molecule has 8 aliphatic rings. The predicted molar refractivity (Wildman–Crippen MR) is 203 cm³/mol. The van der Waals surface area contributed by atoms with Crippen molar-refractivity contribution in [2.45, 2.75) is 186 Å². The quantitative estimate of drug-likeness (QED) is 0.0829. The third kappa shape index (κ3) is 11.1. The summed E-state index contributed by atoms with van der Waals surface area (Å²) in [4.78, 5) is 47.6. The normalized spacial score (nSPS) is 42.1. The molecule has 16 unspecified atom stereocenters. The molecule has 4 heterocycles. The molecule has 4 aliphatic carbocycles. The highest BCUT2D eigenvalue weighted by Crippen LogP contribution is 2.53. The molecule has 56 heavy (non-hydrogen) atoms. The van der Waals surface area contributed by atoms with E-state index in [0.29, 0.717) is 161 Å². The molecule has 0 aromatic carbocycles. The molecule has 0 amide bonds. The van der Waals surface area contributed by atoms with Gasteiger partial charge in [0.15, 0.2) is 0 Å². The molecule has 16 atom stereocenters. The van der Waals surface area contributed by atoms with Gasteiger partial charge in [0.25, 0.3) is 0 Å². The second-order valence-electron chi connectivity index (χ2n) is 19.5. The van der Waals surface area contributed by atoms with E-state index in [4.69, 9.17) is 33.5 Å². The second-order valence-corrected chi connectivity index (χ2v) is 19.5. The number of carboxylic acids is 2. The van der Waals surface area contributed by atoms with Crippen LogP contribution in [0.3, 0.4) is 0 Å². The third-order valence-electron chi connectivity index (χ3n) is 15.3. The molecule has 4 saturated carbocycles. The van der Waals surface area contributed by atoms with E-state index in [2.05, 4.69) is 27.7 Å². The van der Waals surface area contributed by atoms with Gasteiger partial charge in [-0.1, -0.05) is 27.7 Å². The summed E-state index contributed by atoms with van der Waals surface area (Å²) in [6.45, 7) is 9.87. The first-order valence-corrected chi connectivity index (χ1v) is 22.1. The van der Waals surface area contributed by atoms with Crippen molar-refractivity contribution in [2.75, 3.05) is 13.2 Å². The Morgan fingerprint density at radius 3 is 1.20 bits per heavy atom. The molecule has 0 bridgehead atoms. The van der Waals surface area contributed by atoms with Gasteiger partial charge in [-0.05, 0) is 137 Å². The maximum atomic E-state index is 12.6. The first kappa shape index (κ1) is 41.9. The Balaban J connectivity index is 0.000000172. The number of unbranched alkanes of at least 4 members (excludes halogenated alkanes) is 1. The van der Waals surface area contributed by atoms with E-state index < -0.39 is 17.4 Å². The van der Waals surface area contributed by atoms with Crippen LogP contribution < -0.4 is 0 Å². The molecule has 12 nitrogen and oxygen atoms in total. The van der Waals surface area contributed by atoms with Gasteiger partial charge in [0, 0.05) is 19.3 Å². The molecule has 2 N–H and O–H groups in total. The number of aliphatic carboxylic acids is 2. The zero-order valence-electron chi connectivity index (χ0n) is 34.1. The van der Waals surface area contributed by atoms with Crippen molar-refractivity contribution >= 4 is 23.9 Å². The zero-order chi connectivity index (χ0) is 39.7. The Morgan fingerprint density at radius 2 is 0.839 bits per heavy atom. The predicted octanol–water partition coefficient (Wildman–Crippen LogP) is 6.98. The van der Waals surface area contributed by atoms with Crippen LogP contribution in [0.5, 0.6) is 0 Å². The van der Waals surface area contributed by atoms with Crippen LogP contribution in [0.25, 0.3) is 0 Å². The van der Waals surface area contributed by atoms with Gasteiger partial charge in [-0.25, -0.2) is 0 Å². The number of fused-ring (bicyclic) bond motifs is 4. The number of esters is 2. The summed E-state index contributed by atoms with van der Waals surface area (Å²) in [7, 11) is 0. The molecule has 8 rings (SSSR count). The fourth-order valence-corrected chi connectivity index (χ4v) is 11.0.